The highest BCUT2D eigenvalue weighted by Crippen LogP contribution is 2.32. The molecule has 0 radical (unpaired) electrons. The van der Waals surface area contributed by atoms with E-state index >= 15 is 0 Å². The Hall–Kier alpha value is -0.0800. The van der Waals surface area contributed by atoms with Gasteiger partial charge in [0.15, 0.2) is 0 Å². The molecule has 2 nitrogen and oxygen atoms in total. The fourth-order valence-electron chi connectivity index (χ4n) is 3.40. The van der Waals surface area contributed by atoms with Gasteiger partial charge in [-0.2, -0.15) is 0 Å². The Bertz CT molecular complexity index is 221. The Morgan fingerprint density at radius 2 is 1.89 bits per heavy atom. The molecular weight excluding hydrogens is 220 g/mol. The molecule has 1 fully saturated rings. The predicted molar refractivity (Wildman–Crippen MR) is 81.0 cm³/mol. The van der Waals surface area contributed by atoms with Gasteiger partial charge in [-0.3, -0.25) is 4.90 Å². The smallest absolute Gasteiger partial charge is 0.0119 e. The first-order chi connectivity index (χ1) is 8.58. The first-order valence-electron chi connectivity index (χ1n) is 8.03. The van der Waals surface area contributed by atoms with Crippen LogP contribution in [0.15, 0.2) is 0 Å². The molecule has 0 aromatic heterocycles. The zero-order chi connectivity index (χ0) is 13.6. The van der Waals surface area contributed by atoms with Gasteiger partial charge in [0.1, 0.15) is 0 Å². The summed E-state index contributed by atoms with van der Waals surface area (Å²) < 4.78 is 0. The molecule has 0 aromatic carbocycles. The summed E-state index contributed by atoms with van der Waals surface area (Å²) in [7, 11) is 0. The topological polar surface area (TPSA) is 15.3 Å². The van der Waals surface area contributed by atoms with Gasteiger partial charge in [0.2, 0.25) is 0 Å². The molecule has 1 heterocycles. The molecule has 0 aromatic rings. The second-order valence-electron chi connectivity index (χ2n) is 6.41. The molecule has 1 N–H and O–H groups in total. The van der Waals surface area contributed by atoms with E-state index in [2.05, 4.69) is 44.8 Å². The first-order valence-corrected chi connectivity index (χ1v) is 8.03. The van der Waals surface area contributed by atoms with Gasteiger partial charge in [-0.25, -0.2) is 0 Å². The van der Waals surface area contributed by atoms with Gasteiger partial charge in [0.05, 0.1) is 0 Å². The zero-order valence-corrected chi connectivity index (χ0v) is 13.3. The molecule has 1 atom stereocenters. The zero-order valence-electron chi connectivity index (χ0n) is 13.3. The van der Waals surface area contributed by atoms with E-state index in [1.807, 2.05) is 0 Å². The number of rotatable bonds is 8. The summed E-state index contributed by atoms with van der Waals surface area (Å²) >= 11 is 0. The fourth-order valence-corrected chi connectivity index (χ4v) is 3.40. The molecule has 1 saturated heterocycles. The van der Waals surface area contributed by atoms with Crippen LogP contribution >= 0.6 is 0 Å². The van der Waals surface area contributed by atoms with Crippen molar-refractivity contribution >= 4 is 0 Å². The molecule has 1 rings (SSSR count). The van der Waals surface area contributed by atoms with Crippen LogP contribution in [-0.4, -0.2) is 37.1 Å². The van der Waals surface area contributed by atoms with Crippen LogP contribution in [0.3, 0.4) is 0 Å². The summed E-state index contributed by atoms with van der Waals surface area (Å²) in [6.45, 7) is 16.6. The molecule has 18 heavy (non-hydrogen) atoms. The molecule has 0 bridgehead atoms. The maximum Gasteiger partial charge on any atom is 0.0119 e. The van der Waals surface area contributed by atoms with Crippen molar-refractivity contribution in [2.24, 2.45) is 11.3 Å². The Morgan fingerprint density at radius 3 is 2.39 bits per heavy atom. The van der Waals surface area contributed by atoms with E-state index in [4.69, 9.17) is 0 Å². The number of likely N-dealkylation sites (tertiary alicyclic amines) is 1. The molecule has 1 aliphatic rings. The minimum atomic E-state index is 0.480. The Labute approximate surface area is 115 Å². The number of nitrogens with zero attached hydrogens (tertiary/aromatic N) is 1. The highest BCUT2D eigenvalue weighted by molar-refractivity contribution is 4.89. The molecular formula is C16H34N2. The van der Waals surface area contributed by atoms with Crippen molar-refractivity contribution < 1.29 is 0 Å². The molecule has 2 heteroatoms. The highest BCUT2D eigenvalue weighted by atomic mass is 15.2. The first kappa shape index (κ1) is 16.0. The van der Waals surface area contributed by atoms with Crippen molar-refractivity contribution in [1.29, 1.82) is 0 Å². The van der Waals surface area contributed by atoms with Gasteiger partial charge >= 0.3 is 0 Å². The van der Waals surface area contributed by atoms with E-state index in [-0.39, 0.29) is 0 Å². The lowest BCUT2D eigenvalue weighted by Crippen LogP contribution is -2.46. The average molecular weight is 254 g/mol. The van der Waals surface area contributed by atoms with Crippen molar-refractivity contribution in [3.05, 3.63) is 0 Å². The maximum absolute atomic E-state index is 3.58. The SMILES string of the molecule is CCNCC(CC)(CC)CN1CCCC1C(C)C. The second kappa shape index (κ2) is 7.49. The van der Waals surface area contributed by atoms with Gasteiger partial charge < -0.3 is 5.32 Å². The summed E-state index contributed by atoms with van der Waals surface area (Å²) in [5.74, 6) is 0.804. The third kappa shape index (κ3) is 3.96. The van der Waals surface area contributed by atoms with Crippen LogP contribution < -0.4 is 5.32 Å². The monoisotopic (exact) mass is 254 g/mol. The number of hydrogen-bond donors (Lipinski definition) is 1. The molecule has 0 aliphatic carbocycles. The molecule has 0 amide bonds. The standard InChI is InChI=1S/C16H34N2/c1-6-16(7-2,12-17-8-3)13-18-11-9-10-15(18)14(4)5/h14-15,17H,6-13H2,1-5H3. The summed E-state index contributed by atoms with van der Waals surface area (Å²) in [4.78, 5) is 2.77. The molecule has 1 aliphatic heterocycles. The lowest BCUT2D eigenvalue weighted by molar-refractivity contribution is 0.107. The van der Waals surface area contributed by atoms with Gasteiger partial charge in [0, 0.05) is 19.1 Å². The van der Waals surface area contributed by atoms with E-state index in [0.29, 0.717) is 5.41 Å². The van der Waals surface area contributed by atoms with Crippen molar-refractivity contribution in [2.45, 2.75) is 66.3 Å². The van der Waals surface area contributed by atoms with Crippen LogP contribution in [0, 0.1) is 11.3 Å². The van der Waals surface area contributed by atoms with Crippen LogP contribution in [0.1, 0.15) is 60.3 Å². The van der Waals surface area contributed by atoms with Gasteiger partial charge in [-0.05, 0) is 50.1 Å². The van der Waals surface area contributed by atoms with Crippen LogP contribution in [0.5, 0.6) is 0 Å². The van der Waals surface area contributed by atoms with Crippen molar-refractivity contribution in [3.8, 4) is 0 Å². The summed E-state index contributed by atoms with van der Waals surface area (Å²) in [6.07, 6.45) is 5.38. The highest BCUT2D eigenvalue weighted by Gasteiger charge is 2.34. The van der Waals surface area contributed by atoms with Crippen molar-refractivity contribution in [2.75, 3.05) is 26.2 Å². The third-order valence-corrected chi connectivity index (χ3v) is 4.97. The van der Waals surface area contributed by atoms with Crippen LogP contribution in [0.2, 0.25) is 0 Å². The van der Waals surface area contributed by atoms with E-state index in [1.54, 1.807) is 0 Å². The third-order valence-electron chi connectivity index (χ3n) is 4.97. The largest absolute Gasteiger partial charge is 0.316 e. The van der Waals surface area contributed by atoms with E-state index in [0.717, 1.165) is 18.5 Å². The normalized spacial score (nSPS) is 22.0. The molecule has 0 spiro atoms. The number of hydrogen-bond acceptors (Lipinski definition) is 2. The van der Waals surface area contributed by atoms with E-state index in [1.165, 1.54) is 45.3 Å². The summed E-state index contributed by atoms with van der Waals surface area (Å²) in [5.41, 5.74) is 0.480. The van der Waals surface area contributed by atoms with E-state index in [9.17, 15) is 0 Å². The molecule has 0 saturated carbocycles. The van der Waals surface area contributed by atoms with Gasteiger partial charge in [-0.15, -0.1) is 0 Å². The predicted octanol–water partition coefficient (Wildman–Crippen LogP) is 3.52. The molecule has 1 unspecified atom stereocenters. The number of nitrogens with one attached hydrogen (secondary N) is 1. The quantitative estimate of drug-likeness (QED) is 0.713. The lowest BCUT2D eigenvalue weighted by atomic mass is 9.81. The van der Waals surface area contributed by atoms with Crippen LogP contribution in [-0.2, 0) is 0 Å². The lowest BCUT2D eigenvalue weighted by Gasteiger charge is -2.39. The Kier molecular flexibility index (Phi) is 6.65. The van der Waals surface area contributed by atoms with Crippen LogP contribution in [0.4, 0.5) is 0 Å². The fraction of sp³-hybridized carbons (Fsp3) is 1.00. The Morgan fingerprint density at radius 1 is 1.22 bits per heavy atom. The second-order valence-corrected chi connectivity index (χ2v) is 6.41. The molecule has 108 valence electrons. The van der Waals surface area contributed by atoms with Gasteiger partial charge in [0.25, 0.3) is 0 Å². The Balaban J connectivity index is 2.64. The average Bonchev–Trinajstić information content (AvgIpc) is 2.82. The van der Waals surface area contributed by atoms with Crippen molar-refractivity contribution in [3.63, 3.8) is 0 Å². The maximum atomic E-state index is 3.58. The van der Waals surface area contributed by atoms with Gasteiger partial charge in [-0.1, -0.05) is 34.6 Å². The summed E-state index contributed by atoms with van der Waals surface area (Å²) in [6, 6.07) is 0.823. The minimum absolute atomic E-state index is 0.480. The van der Waals surface area contributed by atoms with E-state index < -0.39 is 0 Å². The van der Waals surface area contributed by atoms with Crippen LogP contribution in [0.25, 0.3) is 0 Å². The minimum Gasteiger partial charge on any atom is -0.316 e. The van der Waals surface area contributed by atoms with Crippen molar-refractivity contribution in [1.82, 2.24) is 10.2 Å². The summed E-state index contributed by atoms with van der Waals surface area (Å²) in [5, 5.41) is 3.58.